The highest BCUT2D eigenvalue weighted by molar-refractivity contribution is 5.79. The number of fused-ring (bicyclic) bond motifs is 1. The SMILES string of the molecule is NC(=O)C1CNN2C=CC=NC12. The van der Waals surface area contributed by atoms with Crippen LogP contribution in [-0.4, -0.2) is 29.8 Å². The summed E-state index contributed by atoms with van der Waals surface area (Å²) in [5.41, 5.74) is 8.22. The molecule has 0 spiro atoms. The quantitative estimate of drug-likeness (QED) is 0.515. The lowest BCUT2D eigenvalue weighted by Gasteiger charge is -2.22. The minimum Gasteiger partial charge on any atom is -0.369 e. The van der Waals surface area contributed by atoms with Gasteiger partial charge in [-0.05, 0) is 6.08 Å². The smallest absolute Gasteiger partial charge is 0.226 e. The normalized spacial score (nSPS) is 32.2. The molecular formula is C7H10N4O. The summed E-state index contributed by atoms with van der Waals surface area (Å²) in [6, 6.07) is 0. The Bertz CT molecular complexity index is 260. The van der Waals surface area contributed by atoms with Crippen LogP contribution in [0, 0.1) is 5.92 Å². The van der Waals surface area contributed by atoms with E-state index in [0.29, 0.717) is 6.54 Å². The first-order valence-corrected chi connectivity index (χ1v) is 3.80. The van der Waals surface area contributed by atoms with Gasteiger partial charge in [-0.15, -0.1) is 0 Å². The Labute approximate surface area is 69.9 Å². The molecule has 5 nitrogen and oxygen atoms in total. The fourth-order valence-corrected chi connectivity index (χ4v) is 1.43. The van der Waals surface area contributed by atoms with Gasteiger partial charge in [0.1, 0.15) is 6.17 Å². The minimum atomic E-state index is -0.303. The summed E-state index contributed by atoms with van der Waals surface area (Å²) in [6.45, 7) is 0.571. The van der Waals surface area contributed by atoms with Crippen molar-refractivity contribution in [1.29, 1.82) is 0 Å². The van der Waals surface area contributed by atoms with Crippen molar-refractivity contribution in [2.45, 2.75) is 6.17 Å². The number of nitrogens with one attached hydrogen (secondary N) is 1. The van der Waals surface area contributed by atoms with Gasteiger partial charge in [0, 0.05) is 19.0 Å². The minimum absolute atomic E-state index is 0.146. The predicted octanol–water partition coefficient (Wildman–Crippen LogP) is -1.17. The number of nitrogens with two attached hydrogens (primary N) is 1. The lowest BCUT2D eigenvalue weighted by molar-refractivity contribution is -0.121. The number of hydrogen-bond donors (Lipinski definition) is 2. The molecule has 2 atom stereocenters. The molecule has 2 heterocycles. The van der Waals surface area contributed by atoms with E-state index in [2.05, 4.69) is 10.4 Å². The number of allylic oxidation sites excluding steroid dienone is 1. The second kappa shape index (κ2) is 2.60. The van der Waals surface area contributed by atoms with E-state index in [-0.39, 0.29) is 18.0 Å². The molecule has 0 saturated carbocycles. The number of carbonyl (C=O) groups is 1. The van der Waals surface area contributed by atoms with E-state index in [1.165, 1.54) is 0 Å². The summed E-state index contributed by atoms with van der Waals surface area (Å²) in [5, 5.41) is 1.80. The molecule has 0 aromatic rings. The average molecular weight is 166 g/mol. The molecule has 64 valence electrons. The van der Waals surface area contributed by atoms with Crippen molar-refractivity contribution in [1.82, 2.24) is 10.4 Å². The third-order valence-electron chi connectivity index (χ3n) is 2.08. The van der Waals surface area contributed by atoms with Crippen LogP contribution in [0.2, 0.25) is 0 Å². The van der Waals surface area contributed by atoms with Crippen LogP contribution in [0.4, 0.5) is 0 Å². The number of primary amides is 1. The van der Waals surface area contributed by atoms with Crippen molar-refractivity contribution in [3.05, 3.63) is 12.3 Å². The van der Waals surface area contributed by atoms with Gasteiger partial charge in [-0.2, -0.15) is 0 Å². The van der Waals surface area contributed by atoms with Gasteiger partial charge in [0.05, 0.1) is 5.92 Å². The number of carbonyl (C=O) groups excluding carboxylic acids is 1. The first kappa shape index (κ1) is 7.30. The van der Waals surface area contributed by atoms with Gasteiger partial charge in [0.15, 0.2) is 0 Å². The Kier molecular flexibility index (Phi) is 1.58. The van der Waals surface area contributed by atoms with E-state index in [0.717, 1.165) is 0 Å². The van der Waals surface area contributed by atoms with Crippen LogP contribution < -0.4 is 11.2 Å². The Hall–Kier alpha value is -1.36. The van der Waals surface area contributed by atoms with Crippen LogP contribution in [0.5, 0.6) is 0 Å². The summed E-state index contributed by atoms with van der Waals surface area (Å²) < 4.78 is 0. The van der Waals surface area contributed by atoms with Crippen LogP contribution in [-0.2, 0) is 4.79 Å². The molecule has 0 radical (unpaired) electrons. The zero-order valence-corrected chi connectivity index (χ0v) is 6.47. The molecular weight excluding hydrogens is 156 g/mol. The Balaban J connectivity index is 2.18. The van der Waals surface area contributed by atoms with E-state index < -0.39 is 0 Å². The predicted molar refractivity (Wildman–Crippen MR) is 43.9 cm³/mol. The van der Waals surface area contributed by atoms with E-state index >= 15 is 0 Å². The molecule has 1 amide bonds. The Morgan fingerprint density at radius 1 is 1.75 bits per heavy atom. The van der Waals surface area contributed by atoms with Crippen LogP contribution in [0.15, 0.2) is 17.3 Å². The molecule has 3 N–H and O–H groups in total. The monoisotopic (exact) mass is 166 g/mol. The average Bonchev–Trinajstić information content (AvgIpc) is 2.47. The van der Waals surface area contributed by atoms with Crippen molar-refractivity contribution in [3.63, 3.8) is 0 Å². The third kappa shape index (κ3) is 0.984. The third-order valence-corrected chi connectivity index (χ3v) is 2.08. The summed E-state index contributed by atoms with van der Waals surface area (Å²) in [6.07, 6.45) is 5.20. The van der Waals surface area contributed by atoms with Gasteiger partial charge in [-0.3, -0.25) is 14.8 Å². The second-order valence-corrected chi connectivity index (χ2v) is 2.83. The van der Waals surface area contributed by atoms with Crippen molar-refractivity contribution >= 4 is 12.1 Å². The lowest BCUT2D eigenvalue weighted by Crippen LogP contribution is -2.37. The second-order valence-electron chi connectivity index (χ2n) is 2.83. The summed E-state index contributed by atoms with van der Waals surface area (Å²) in [5.74, 6) is -0.520. The number of hydrazine groups is 1. The first-order chi connectivity index (χ1) is 5.79. The molecule has 12 heavy (non-hydrogen) atoms. The van der Waals surface area contributed by atoms with Crippen LogP contribution in [0.3, 0.4) is 0 Å². The molecule has 2 aliphatic heterocycles. The number of nitrogens with zero attached hydrogens (tertiary/aromatic N) is 2. The highest BCUT2D eigenvalue weighted by atomic mass is 16.1. The molecule has 1 fully saturated rings. The highest BCUT2D eigenvalue weighted by Crippen LogP contribution is 2.19. The van der Waals surface area contributed by atoms with Crippen molar-refractivity contribution < 1.29 is 4.79 Å². The van der Waals surface area contributed by atoms with Gasteiger partial charge in [0.2, 0.25) is 5.91 Å². The maximum Gasteiger partial charge on any atom is 0.226 e. The van der Waals surface area contributed by atoms with E-state index in [1.807, 2.05) is 12.3 Å². The molecule has 0 aromatic heterocycles. The number of hydrogen-bond acceptors (Lipinski definition) is 4. The van der Waals surface area contributed by atoms with Crippen molar-refractivity contribution in [3.8, 4) is 0 Å². The Morgan fingerprint density at radius 2 is 2.58 bits per heavy atom. The van der Waals surface area contributed by atoms with Crippen LogP contribution >= 0.6 is 0 Å². The fraction of sp³-hybridized carbons (Fsp3) is 0.429. The number of aliphatic imine (C=N–C) groups is 1. The molecule has 0 bridgehead atoms. The molecule has 2 aliphatic rings. The first-order valence-electron chi connectivity index (χ1n) is 3.80. The fourth-order valence-electron chi connectivity index (χ4n) is 1.43. The number of rotatable bonds is 1. The molecule has 5 heteroatoms. The molecule has 2 unspecified atom stereocenters. The molecule has 2 rings (SSSR count). The van der Waals surface area contributed by atoms with E-state index in [9.17, 15) is 4.79 Å². The maximum atomic E-state index is 10.9. The van der Waals surface area contributed by atoms with Gasteiger partial charge >= 0.3 is 0 Å². The zero-order chi connectivity index (χ0) is 8.55. The molecule has 0 aliphatic carbocycles. The Morgan fingerprint density at radius 3 is 3.33 bits per heavy atom. The maximum absolute atomic E-state index is 10.9. The van der Waals surface area contributed by atoms with E-state index in [1.54, 1.807) is 11.2 Å². The number of amides is 1. The summed E-state index contributed by atoms with van der Waals surface area (Å²) >= 11 is 0. The highest BCUT2D eigenvalue weighted by Gasteiger charge is 2.36. The van der Waals surface area contributed by atoms with E-state index in [4.69, 9.17) is 5.73 Å². The summed E-state index contributed by atoms with van der Waals surface area (Å²) in [7, 11) is 0. The van der Waals surface area contributed by atoms with Gasteiger partial charge < -0.3 is 5.73 Å². The summed E-state index contributed by atoms with van der Waals surface area (Å²) in [4.78, 5) is 15.1. The van der Waals surface area contributed by atoms with Gasteiger partial charge in [-0.1, -0.05) is 0 Å². The largest absolute Gasteiger partial charge is 0.369 e. The van der Waals surface area contributed by atoms with Crippen molar-refractivity contribution in [2.75, 3.05) is 6.54 Å². The van der Waals surface area contributed by atoms with Gasteiger partial charge in [0.25, 0.3) is 0 Å². The molecule has 0 aromatic carbocycles. The molecule has 1 saturated heterocycles. The topological polar surface area (TPSA) is 70.7 Å². The van der Waals surface area contributed by atoms with Crippen molar-refractivity contribution in [2.24, 2.45) is 16.6 Å². The lowest BCUT2D eigenvalue weighted by atomic mass is 10.1. The zero-order valence-electron chi connectivity index (χ0n) is 6.47. The van der Waals surface area contributed by atoms with Gasteiger partial charge in [-0.25, -0.2) is 5.43 Å². The standard InChI is InChI=1S/C7H10N4O/c8-6(12)5-4-10-11-3-1-2-9-7(5)11/h1-3,5,7,10H,4H2,(H2,8,12). The van der Waals surface area contributed by atoms with Crippen LogP contribution in [0.1, 0.15) is 0 Å². The van der Waals surface area contributed by atoms with Crippen LogP contribution in [0.25, 0.3) is 0 Å².